The molecular weight excluding hydrogens is 248 g/mol. The average molecular weight is 270 g/mol. The zero-order valence-electron chi connectivity index (χ0n) is 12.0. The normalized spacial score (nSPS) is 22.0. The van der Waals surface area contributed by atoms with Gasteiger partial charge in [-0.3, -0.25) is 4.90 Å². The van der Waals surface area contributed by atoms with E-state index in [1.165, 1.54) is 16.3 Å². The Hall–Kier alpha value is -1.42. The largest absolute Gasteiger partial charge is 0.379 e. The van der Waals surface area contributed by atoms with Crippen molar-refractivity contribution in [3.05, 3.63) is 48.0 Å². The van der Waals surface area contributed by atoms with Crippen LogP contribution in [0.3, 0.4) is 0 Å². The summed E-state index contributed by atoms with van der Waals surface area (Å²) in [5.41, 5.74) is 7.36. The quantitative estimate of drug-likeness (QED) is 0.931. The zero-order valence-corrected chi connectivity index (χ0v) is 12.0. The number of rotatable bonds is 3. The van der Waals surface area contributed by atoms with Gasteiger partial charge >= 0.3 is 0 Å². The topological polar surface area (TPSA) is 38.5 Å². The lowest BCUT2D eigenvalue weighted by molar-refractivity contribution is -0.0209. The molecule has 3 nitrogen and oxygen atoms in total. The monoisotopic (exact) mass is 270 g/mol. The van der Waals surface area contributed by atoms with Crippen LogP contribution in [0.4, 0.5) is 0 Å². The average Bonchev–Trinajstić information content (AvgIpc) is 2.50. The number of ether oxygens (including phenoxy) is 1. The van der Waals surface area contributed by atoms with Crippen molar-refractivity contribution in [3.63, 3.8) is 0 Å². The van der Waals surface area contributed by atoms with Gasteiger partial charge in [0.25, 0.3) is 0 Å². The van der Waals surface area contributed by atoms with Crippen LogP contribution in [0.15, 0.2) is 42.5 Å². The molecule has 3 rings (SSSR count). The predicted octanol–water partition coefficient (Wildman–Crippen LogP) is 2.56. The third-order valence-corrected chi connectivity index (χ3v) is 4.20. The summed E-state index contributed by atoms with van der Waals surface area (Å²) in [4.78, 5) is 2.47. The molecule has 0 radical (unpaired) electrons. The fourth-order valence-electron chi connectivity index (χ4n) is 3.08. The van der Waals surface area contributed by atoms with Crippen LogP contribution in [0, 0.1) is 0 Å². The molecule has 20 heavy (non-hydrogen) atoms. The van der Waals surface area contributed by atoms with Crippen LogP contribution in [0.2, 0.25) is 0 Å². The van der Waals surface area contributed by atoms with Crippen molar-refractivity contribution in [2.45, 2.75) is 19.0 Å². The lowest BCUT2D eigenvalue weighted by atomic mass is 9.99. The number of hydrogen-bond acceptors (Lipinski definition) is 3. The van der Waals surface area contributed by atoms with Gasteiger partial charge < -0.3 is 10.5 Å². The van der Waals surface area contributed by atoms with Crippen LogP contribution in [-0.4, -0.2) is 37.2 Å². The van der Waals surface area contributed by atoms with Gasteiger partial charge in [-0.1, -0.05) is 36.4 Å². The first kappa shape index (κ1) is 13.6. The number of fused-ring (bicyclic) bond motifs is 1. The molecule has 0 aromatic heterocycles. The van der Waals surface area contributed by atoms with Gasteiger partial charge in [-0.05, 0) is 29.3 Å². The van der Waals surface area contributed by atoms with Crippen LogP contribution in [0.5, 0.6) is 0 Å². The Bertz CT molecular complexity index is 584. The Kier molecular flexibility index (Phi) is 4.01. The van der Waals surface area contributed by atoms with Gasteiger partial charge in [0.05, 0.1) is 13.2 Å². The summed E-state index contributed by atoms with van der Waals surface area (Å²) in [5.74, 6) is 0. The van der Waals surface area contributed by atoms with E-state index in [1.807, 2.05) is 0 Å². The van der Waals surface area contributed by atoms with Gasteiger partial charge in [0.2, 0.25) is 0 Å². The van der Waals surface area contributed by atoms with E-state index in [1.54, 1.807) is 0 Å². The molecule has 2 N–H and O–H groups in total. The fourth-order valence-corrected chi connectivity index (χ4v) is 3.08. The fraction of sp³-hybridized carbons (Fsp3) is 0.412. The predicted molar refractivity (Wildman–Crippen MR) is 82.7 cm³/mol. The van der Waals surface area contributed by atoms with E-state index in [0.29, 0.717) is 12.6 Å². The Balaban J connectivity index is 1.93. The van der Waals surface area contributed by atoms with E-state index in [0.717, 1.165) is 19.8 Å². The van der Waals surface area contributed by atoms with E-state index in [-0.39, 0.29) is 6.04 Å². The minimum absolute atomic E-state index is 0.276. The summed E-state index contributed by atoms with van der Waals surface area (Å²) in [6, 6.07) is 15.8. The van der Waals surface area contributed by atoms with Crippen molar-refractivity contribution in [2.24, 2.45) is 5.73 Å². The van der Waals surface area contributed by atoms with Crippen molar-refractivity contribution in [2.75, 3.05) is 26.3 Å². The smallest absolute Gasteiger partial charge is 0.0620 e. The number of morpholine rings is 1. The summed E-state index contributed by atoms with van der Waals surface area (Å²) in [7, 11) is 0. The summed E-state index contributed by atoms with van der Waals surface area (Å²) in [5, 5.41) is 2.56. The molecule has 1 saturated heterocycles. The second kappa shape index (κ2) is 5.92. The van der Waals surface area contributed by atoms with Crippen molar-refractivity contribution in [1.29, 1.82) is 0 Å². The molecule has 2 aromatic rings. The molecule has 1 aliphatic rings. The standard InChI is InChI=1S/C17H22N2O/c1-13-12-20-9-8-19(13)17(11-18)16-7-6-14-4-2-3-5-15(14)10-16/h2-7,10,13,17H,8-9,11-12,18H2,1H3. The molecule has 0 aliphatic carbocycles. The van der Waals surface area contributed by atoms with Crippen LogP contribution < -0.4 is 5.73 Å². The maximum atomic E-state index is 6.06. The Labute approximate surface area is 120 Å². The lowest BCUT2D eigenvalue weighted by Gasteiger charge is -2.39. The number of nitrogens with two attached hydrogens (primary N) is 1. The highest BCUT2D eigenvalue weighted by Gasteiger charge is 2.26. The SMILES string of the molecule is CC1COCCN1C(CN)c1ccc2ccccc2c1. The molecular formula is C17H22N2O. The van der Waals surface area contributed by atoms with Gasteiger partial charge in [0.1, 0.15) is 0 Å². The van der Waals surface area contributed by atoms with Gasteiger partial charge in [-0.15, -0.1) is 0 Å². The first-order valence-electron chi connectivity index (χ1n) is 7.32. The van der Waals surface area contributed by atoms with Gasteiger partial charge in [0, 0.05) is 25.2 Å². The summed E-state index contributed by atoms with van der Waals surface area (Å²) in [6.07, 6.45) is 0. The lowest BCUT2D eigenvalue weighted by Crippen LogP contribution is -2.47. The maximum Gasteiger partial charge on any atom is 0.0620 e. The third-order valence-electron chi connectivity index (χ3n) is 4.20. The third kappa shape index (κ3) is 2.57. The highest BCUT2D eigenvalue weighted by Crippen LogP contribution is 2.26. The zero-order chi connectivity index (χ0) is 13.9. The van der Waals surface area contributed by atoms with E-state index in [2.05, 4.69) is 54.3 Å². The van der Waals surface area contributed by atoms with E-state index < -0.39 is 0 Å². The summed E-state index contributed by atoms with van der Waals surface area (Å²) in [6.45, 7) is 5.40. The van der Waals surface area contributed by atoms with Crippen molar-refractivity contribution in [1.82, 2.24) is 4.90 Å². The molecule has 1 fully saturated rings. The first-order valence-corrected chi connectivity index (χ1v) is 7.32. The molecule has 0 amide bonds. The molecule has 1 aliphatic heterocycles. The van der Waals surface area contributed by atoms with Crippen LogP contribution in [-0.2, 0) is 4.74 Å². The second-order valence-corrected chi connectivity index (χ2v) is 5.52. The van der Waals surface area contributed by atoms with Crippen LogP contribution in [0.25, 0.3) is 10.8 Å². The van der Waals surface area contributed by atoms with Gasteiger partial charge in [0.15, 0.2) is 0 Å². The Morgan fingerprint density at radius 2 is 2.05 bits per heavy atom. The number of benzene rings is 2. The van der Waals surface area contributed by atoms with Crippen molar-refractivity contribution < 1.29 is 4.74 Å². The highest BCUT2D eigenvalue weighted by atomic mass is 16.5. The molecule has 106 valence electrons. The summed E-state index contributed by atoms with van der Waals surface area (Å²) < 4.78 is 5.53. The Morgan fingerprint density at radius 1 is 1.25 bits per heavy atom. The molecule has 3 heteroatoms. The minimum atomic E-state index is 0.276. The first-order chi connectivity index (χ1) is 9.79. The van der Waals surface area contributed by atoms with E-state index in [9.17, 15) is 0 Å². The summed E-state index contributed by atoms with van der Waals surface area (Å²) >= 11 is 0. The number of nitrogens with zero attached hydrogens (tertiary/aromatic N) is 1. The molecule has 2 unspecified atom stereocenters. The number of hydrogen-bond donors (Lipinski definition) is 1. The van der Waals surface area contributed by atoms with Crippen LogP contribution in [0.1, 0.15) is 18.5 Å². The molecule has 0 spiro atoms. The van der Waals surface area contributed by atoms with Crippen molar-refractivity contribution in [3.8, 4) is 0 Å². The minimum Gasteiger partial charge on any atom is -0.379 e. The molecule has 0 bridgehead atoms. The van der Waals surface area contributed by atoms with E-state index in [4.69, 9.17) is 10.5 Å². The van der Waals surface area contributed by atoms with Gasteiger partial charge in [-0.25, -0.2) is 0 Å². The molecule has 0 saturated carbocycles. The van der Waals surface area contributed by atoms with E-state index >= 15 is 0 Å². The van der Waals surface area contributed by atoms with Crippen LogP contribution >= 0.6 is 0 Å². The second-order valence-electron chi connectivity index (χ2n) is 5.52. The Morgan fingerprint density at radius 3 is 2.80 bits per heavy atom. The molecule has 2 aromatic carbocycles. The molecule has 1 heterocycles. The highest BCUT2D eigenvalue weighted by molar-refractivity contribution is 5.83. The van der Waals surface area contributed by atoms with Crippen molar-refractivity contribution >= 4 is 10.8 Å². The molecule has 2 atom stereocenters. The maximum absolute atomic E-state index is 6.06. The van der Waals surface area contributed by atoms with Gasteiger partial charge in [-0.2, -0.15) is 0 Å².